The second kappa shape index (κ2) is 6.07. The summed E-state index contributed by atoms with van der Waals surface area (Å²) in [6.07, 6.45) is 4.18. The third-order valence-corrected chi connectivity index (χ3v) is 4.15. The van der Waals surface area contributed by atoms with E-state index in [-0.39, 0.29) is 5.91 Å². The number of nitrogens with zero attached hydrogens (tertiary/aromatic N) is 1. The van der Waals surface area contributed by atoms with Gasteiger partial charge in [0.1, 0.15) is 0 Å². The van der Waals surface area contributed by atoms with Gasteiger partial charge in [0.15, 0.2) is 0 Å². The molecule has 1 amide bonds. The second-order valence-corrected chi connectivity index (χ2v) is 5.83. The third kappa shape index (κ3) is 3.12. The SMILES string of the molecule is N[C@H](Cc1c[nH]c2ccccc12)C(=O)NCc1cncs1. The molecular weight excluding hydrogens is 284 g/mol. The minimum absolute atomic E-state index is 0.145. The van der Waals surface area contributed by atoms with Gasteiger partial charge in [0.25, 0.3) is 0 Å². The monoisotopic (exact) mass is 300 g/mol. The van der Waals surface area contributed by atoms with Crippen LogP contribution >= 0.6 is 11.3 Å². The maximum absolute atomic E-state index is 12.0. The summed E-state index contributed by atoms with van der Waals surface area (Å²) in [5.41, 5.74) is 9.87. The van der Waals surface area contributed by atoms with Gasteiger partial charge in [-0.1, -0.05) is 18.2 Å². The standard InChI is InChI=1S/C15H16N4OS/c16-13(15(20)19-8-11-7-17-9-21-11)5-10-6-18-14-4-2-1-3-12(10)14/h1-4,6-7,9,13,18H,5,8,16H2,(H,19,20)/t13-/m1/s1. The van der Waals surface area contributed by atoms with E-state index in [9.17, 15) is 4.79 Å². The molecule has 5 nitrogen and oxygen atoms in total. The minimum Gasteiger partial charge on any atom is -0.361 e. The first kappa shape index (κ1) is 13.8. The number of fused-ring (bicyclic) bond motifs is 1. The Morgan fingerprint density at radius 1 is 1.43 bits per heavy atom. The molecule has 6 heteroatoms. The van der Waals surface area contributed by atoms with E-state index >= 15 is 0 Å². The summed E-state index contributed by atoms with van der Waals surface area (Å²) < 4.78 is 0. The third-order valence-electron chi connectivity index (χ3n) is 3.37. The summed E-state index contributed by atoms with van der Waals surface area (Å²) in [5, 5.41) is 3.96. The van der Waals surface area contributed by atoms with Crippen LogP contribution < -0.4 is 11.1 Å². The quantitative estimate of drug-likeness (QED) is 0.672. The molecule has 108 valence electrons. The molecule has 0 unspecified atom stereocenters. The second-order valence-electron chi connectivity index (χ2n) is 4.86. The molecule has 21 heavy (non-hydrogen) atoms. The van der Waals surface area contributed by atoms with Gasteiger partial charge in [0, 0.05) is 28.2 Å². The number of nitrogens with one attached hydrogen (secondary N) is 2. The highest BCUT2D eigenvalue weighted by atomic mass is 32.1. The predicted molar refractivity (Wildman–Crippen MR) is 83.9 cm³/mol. The van der Waals surface area contributed by atoms with Gasteiger partial charge in [-0.15, -0.1) is 11.3 Å². The Morgan fingerprint density at radius 3 is 3.10 bits per heavy atom. The van der Waals surface area contributed by atoms with Crippen LogP contribution in [0.4, 0.5) is 0 Å². The summed E-state index contributed by atoms with van der Waals surface area (Å²) >= 11 is 1.51. The number of nitrogens with two attached hydrogens (primary N) is 1. The summed E-state index contributed by atoms with van der Waals surface area (Å²) in [7, 11) is 0. The van der Waals surface area contributed by atoms with Gasteiger partial charge >= 0.3 is 0 Å². The Balaban J connectivity index is 1.62. The molecule has 0 aliphatic rings. The van der Waals surface area contributed by atoms with Crippen molar-refractivity contribution in [1.82, 2.24) is 15.3 Å². The van der Waals surface area contributed by atoms with Crippen LogP contribution in [-0.2, 0) is 17.8 Å². The summed E-state index contributed by atoms with van der Waals surface area (Å²) in [6.45, 7) is 0.477. The van der Waals surface area contributed by atoms with E-state index in [1.54, 1.807) is 11.7 Å². The lowest BCUT2D eigenvalue weighted by atomic mass is 10.1. The van der Waals surface area contributed by atoms with Crippen molar-refractivity contribution in [3.05, 3.63) is 52.6 Å². The number of hydrogen-bond acceptors (Lipinski definition) is 4. The largest absolute Gasteiger partial charge is 0.361 e. The molecule has 1 aromatic carbocycles. The van der Waals surface area contributed by atoms with Crippen molar-refractivity contribution >= 4 is 28.1 Å². The van der Waals surface area contributed by atoms with Gasteiger partial charge < -0.3 is 16.0 Å². The Hall–Kier alpha value is -2.18. The number of carbonyl (C=O) groups excluding carboxylic acids is 1. The molecule has 0 aliphatic heterocycles. The Kier molecular flexibility index (Phi) is 3.98. The van der Waals surface area contributed by atoms with Gasteiger partial charge in [0.2, 0.25) is 5.91 Å². The highest BCUT2D eigenvalue weighted by Gasteiger charge is 2.16. The molecule has 0 saturated heterocycles. The van der Waals surface area contributed by atoms with Gasteiger partial charge in [-0.05, 0) is 18.1 Å². The number of aromatic nitrogens is 2. The molecule has 0 spiro atoms. The molecule has 3 aromatic rings. The summed E-state index contributed by atoms with van der Waals surface area (Å²) in [6, 6.07) is 7.44. The smallest absolute Gasteiger partial charge is 0.237 e. The van der Waals surface area contributed by atoms with E-state index in [2.05, 4.69) is 15.3 Å². The van der Waals surface area contributed by atoms with Gasteiger partial charge in [-0.25, -0.2) is 0 Å². The van der Waals surface area contributed by atoms with Crippen LogP contribution in [0.2, 0.25) is 0 Å². The fraction of sp³-hybridized carbons (Fsp3) is 0.200. The molecular formula is C15H16N4OS. The first-order valence-electron chi connectivity index (χ1n) is 6.69. The molecule has 0 fully saturated rings. The van der Waals surface area contributed by atoms with Crippen molar-refractivity contribution in [3.8, 4) is 0 Å². The van der Waals surface area contributed by atoms with Crippen molar-refractivity contribution in [1.29, 1.82) is 0 Å². The Labute approximate surface area is 126 Å². The normalized spacial score (nSPS) is 12.4. The van der Waals surface area contributed by atoms with E-state index in [0.29, 0.717) is 13.0 Å². The zero-order chi connectivity index (χ0) is 14.7. The lowest BCUT2D eigenvalue weighted by Gasteiger charge is -2.11. The van der Waals surface area contributed by atoms with Crippen LogP contribution in [0.1, 0.15) is 10.4 Å². The van der Waals surface area contributed by atoms with Gasteiger partial charge in [-0.2, -0.15) is 0 Å². The Morgan fingerprint density at radius 2 is 2.29 bits per heavy atom. The summed E-state index contributed by atoms with van der Waals surface area (Å²) in [5.74, 6) is -0.145. The lowest BCUT2D eigenvalue weighted by Crippen LogP contribution is -2.41. The fourth-order valence-corrected chi connectivity index (χ4v) is 2.80. The maximum atomic E-state index is 12.0. The number of benzene rings is 1. The molecule has 0 radical (unpaired) electrons. The molecule has 2 aromatic heterocycles. The van der Waals surface area contributed by atoms with E-state index in [1.165, 1.54) is 11.3 Å². The number of carbonyl (C=O) groups is 1. The number of para-hydroxylation sites is 1. The number of aromatic amines is 1. The van der Waals surface area contributed by atoms with Crippen molar-refractivity contribution in [2.75, 3.05) is 0 Å². The van der Waals surface area contributed by atoms with Crippen LogP contribution in [0.5, 0.6) is 0 Å². The summed E-state index contributed by atoms with van der Waals surface area (Å²) in [4.78, 5) is 20.2. The van der Waals surface area contributed by atoms with Gasteiger partial charge in [0.05, 0.1) is 18.1 Å². The average Bonchev–Trinajstić information content (AvgIpc) is 3.15. The number of H-pyrrole nitrogens is 1. The van der Waals surface area contributed by atoms with Gasteiger partial charge in [-0.3, -0.25) is 9.78 Å². The topological polar surface area (TPSA) is 83.8 Å². The van der Waals surface area contributed by atoms with Crippen LogP contribution in [-0.4, -0.2) is 21.9 Å². The van der Waals surface area contributed by atoms with E-state index in [0.717, 1.165) is 21.3 Å². The molecule has 0 aliphatic carbocycles. The van der Waals surface area contributed by atoms with Crippen molar-refractivity contribution < 1.29 is 4.79 Å². The molecule has 0 bridgehead atoms. The van der Waals surface area contributed by atoms with Crippen molar-refractivity contribution in [2.24, 2.45) is 5.73 Å². The van der Waals surface area contributed by atoms with Crippen molar-refractivity contribution in [3.63, 3.8) is 0 Å². The van der Waals surface area contributed by atoms with Crippen LogP contribution in [0.25, 0.3) is 10.9 Å². The van der Waals surface area contributed by atoms with E-state index < -0.39 is 6.04 Å². The molecule has 2 heterocycles. The number of amides is 1. The number of thiazole rings is 1. The maximum Gasteiger partial charge on any atom is 0.237 e. The molecule has 1 atom stereocenters. The number of rotatable bonds is 5. The molecule has 4 N–H and O–H groups in total. The van der Waals surface area contributed by atoms with Crippen LogP contribution in [0.15, 0.2) is 42.2 Å². The molecule has 0 saturated carbocycles. The van der Waals surface area contributed by atoms with E-state index in [1.807, 2.05) is 30.5 Å². The zero-order valence-electron chi connectivity index (χ0n) is 11.4. The van der Waals surface area contributed by atoms with Crippen LogP contribution in [0.3, 0.4) is 0 Å². The molecule has 3 rings (SSSR count). The highest BCUT2D eigenvalue weighted by Crippen LogP contribution is 2.18. The number of hydrogen-bond donors (Lipinski definition) is 3. The average molecular weight is 300 g/mol. The van der Waals surface area contributed by atoms with Crippen molar-refractivity contribution in [2.45, 2.75) is 19.0 Å². The van der Waals surface area contributed by atoms with Crippen LogP contribution in [0, 0.1) is 0 Å². The minimum atomic E-state index is -0.558. The predicted octanol–water partition coefficient (Wildman–Crippen LogP) is 1.81. The Bertz CT molecular complexity index is 735. The first-order chi connectivity index (χ1) is 10.2. The lowest BCUT2D eigenvalue weighted by molar-refractivity contribution is -0.122. The van der Waals surface area contributed by atoms with E-state index in [4.69, 9.17) is 5.73 Å². The zero-order valence-corrected chi connectivity index (χ0v) is 12.2. The first-order valence-corrected chi connectivity index (χ1v) is 7.57. The fourth-order valence-electron chi connectivity index (χ4n) is 2.26. The highest BCUT2D eigenvalue weighted by molar-refractivity contribution is 7.09.